The van der Waals surface area contributed by atoms with Crippen LogP contribution in [0, 0.1) is 6.42 Å². The molecule has 0 aromatic heterocycles. The molecule has 0 saturated heterocycles. The maximum atomic E-state index is 2.00. The Morgan fingerprint density at radius 1 is 0.667 bits per heavy atom. The molecular weight excluding hydrogens is 67.0 g/mol. The molecule has 0 unspecified atom stereocenters. The summed E-state index contributed by atoms with van der Waals surface area (Å²) in [5, 5.41) is 0. The van der Waals surface area contributed by atoms with Gasteiger partial charge in [-0.3, -0.25) is 0 Å². The van der Waals surface area contributed by atoms with Crippen LogP contribution >= 0.6 is 0 Å². The van der Waals surface area contributed by atoms with Crippen molar-refractivity contribution in [2.24, 2.45) is 0 Å². The van der Waals surface area contributed by atoms with E-state index in [4.69, 9.17) is 0 Å². The van der Waals surface area contributed by atoms with Gasteiger partial charge in [0.25, 0.3) is 0 Å². The van der Waals surface area contributed by atoms with Crippen molar-refractivity contribution in [3.63, 3.8) is 0 Å². The van der Waals surface area contributed by atoms with E-state index in [9.17, 15) is 0 Å². The third-order valence-corrected chi connectivity index (χ3v) is 0.556. The second kappa shape index (κ2) is 3.27. The van der Waals surface area contributed by atoms with Crippen molar-refractivity contribution in [2.45, 2.75) is 0 Å². The van der Waals surface area contributed by atoms with Gasteiger partial charge in [0.05, 0.1) is 0 Å². The molecule has 27 valence electrons. The Labute approximate surface area is 50.1 Å². The molecule has 0 fully saturated rings. The van der Waals surface area contributed by atoms with Gasteiger partial charge in [0.1, 0.15) is 0 Å². The van der Waals surface area contributed by atoms with Crippen molar-refractivity contribution >= 4 is 18.9 Å². The molecule has 0 N–H and O–H groups in total. The summed E-state index contributed by atoms with van der Waals surface area (Å²) in [4.78, 5) is 0. The summed E-state index contributed by atoms with van der Waals surface area (Å²) in [6, 6.07) is 0. The predicted octanol–water partition coefficient (Wildman–Crippen LogP) is 0.668. The van der Waals surface area contributed by atoms with Crippen LogP contribution in [-0.4, -0.2) is 18.9 Å². The van der Waals surface area contributed by atoms with Crippen LogP contribution in [0.5, 0.6) is 0 Å². The molecule has 6 heavy (non-hydrogen) atoms. The van der Waals surface area contributed by atoms with Gasteiger partial charge >= 0.3 is 18.9 Å². The van der Waals surface area contributed by atoms with E-state index >= 15 is 0 Å². The monoisotopic (exact) mass is 73.1 g/mol. The van der Waals surface area contributed by atoms with E-state index in [1.165, 1.54) is 0 Å². The Bertz CT molecular complexity index is 62.0. The molecule has 1 radical (unpaired) electrons. The molecule has 0 atom stereocenters. The van der Waals surface area contributed by atoms with Crippen molar-refractivity contribution in [3.05, 3.63) is 30.7 Å². The maximum absolute atomic E-state index is 2.00. The zero-order valence-corrected chi connectivity index (χ0v) is 2.89. The average Bonchev–Trinajstić information content (AvgIpc) is 1.76. The van der Waals surface area contributed by atoms with Gasteiger partial charge in [-0.1, -0.05) is 24.3 Å². The SMILES string of the molecule is [CH]1C=CC=C1.[LiH]. The van der Waals surface area contributed by atoms with Crippen LogP contribution < -0.4 is 0 Å². The van der Waals surface area contributed by atoms with Crippen molar-refractivity contribution < 1.29 is 0 Å². The summed E-state index contributed by atoms with van der Waals surface area (Å²) < 4.78 is 0. The molecule has 1 rings (SSSR count). The molecule has 1 heteroatoms. The van der Waals surface area contributed by atoms with E-state index in [1.54, 1.807) is 0 Å². The molecule has 0 nitrogen and oxygen atoms in total. The van der Waals surface area contributed by atoms with Crippen LogP contribution in [0.1, 0.15) is 0 Å². The molecule has 0 aromatic rings. The van der Waals surface area contributed by atoms with E-state index in [2.05, 4.69) is 0 Å². The van der Waals surface area contributed by atoms with E-state index in [0.717, 1.165) is 0 Å². The van der Waals surface area contributed by atoms with Gasteiger partial charge in [-0.25, -0.2) is 0 Å². The normalized spacial score (nSPS) is 14.7. The number of allylic oxidation sites excluding steroid dienone is 4. The first-order valence-electron chi connectivity index (χ1n) is 1.67. The summed E-state index contributed by atoms with van der Waals surface area (Å²) in [5.74, 6) is 0. The van der Waals surface area contributed by atoms with E-state index < -0.39 is 0 Å². The van der Waals surface area contributed by atoms with Crippen molar-refractivity contribution in [1.82, 2.24) is 0 Å². The van der Waals surface area contributed by atoms with Crippen LogP contribution in [0.2, 0.25) is 0 Å². The van der Waals surface area contributed by atoms with Crippen molar-refractivity contribution in [3.8, 4) is 0 Å². The molecule has 0 amide bonds. The van der Waals surface area contributed by atoms with Gasteiger partial charge in [-0.15, -0.1) is 0 Å². The van der Waals surface area contributed by atoms with Crippen molar-refractivity contribution in [1.29, 1.82) is 0 Å². The summed E-state index contributed by atoms with van der Waals surface area (Å²) in [7, 11) is 0. The first kappa shape index (κ1) is 6.08. The molecule has 0 saturated carbocycles. The minimum atomic E-state index is 0. The number of hydrogen-bond acceptors (Lipinski definition) is 0. The minimum absolute atomic E-state index is 0. The third-order valence-electron chi connectivity index (χ3n) is 0.556. The Balaban J connectivity index is 0.000000250. The second-order valence-corrected chi connectivity index (χ2v) is 0.962. The zero-order valence-electron chi connectivity index (χ0n) is 2.89. The molecule has 1 aliphatic rings. The summed E-state index contributed by atoms with van der Waals surface area (Å²) >= 11 is 0. The van der Waals surface area contributed by atoms with E-state index in [-0.39, 0.29) is 18.9 Å². The van der Waals surface area contributed by atoms with Gasteiger partial charge in [-0.05, 0) is 0 Å². The Hall–Kier alpha value is 0.0774. The van der Waals surface area contributed by atoms with E-state index in [0.29, 0.717) is 0 Å². The van der Waals surface area contributed by atoms with Crippen molar-refractivity contribution in [2.75, 3.05) is 0 Å². The molecule has 0 aromatic carbocycles. The van der Waals surface area contributed by atoms with Gasteiger partial charge in [0, 0.05) is 6.42 Å². The molecule has 0 bridgehead atoms. The topological polar surface area (TPSA) is 0 Å². The number of rotatable bonds is 0. The quantitative estimate of drug-likeness (QED) is 0.370. The van der Waals surface area contributed by atoms with Gasteiger partial charge in [0.15, 0.2) is 0 Å². The summed E-state index contributed by atoms with van der Waals surface area (Å²) in [5.41, 5.74) is 0. The molecule has 1 aliphatic carbocycles. The Morgan fingerprint density at radius 3 is 1.33 bits per heavy atom. The van der Waals surface area contributed by atoms with Gasteiger partial charge < -0.3 is 0 Å². The fourth-order valence-electron chi connectivity index (χ4n) is 0.321. The molecule has 0 aliphatic heterocycles. The van der Waals surface area contributed by atoms with Crippen LogP contribution in [0.4, 0.5) is 0 Å². The van der Waals surface area contributed by atoms with Crippen LogP contribution in [-0.2, 0) is 0 Å². The van der Waals surface area contributed by atoms with Crippen LogP contribution in [0.3, 0.4) is 0 Å². The van der Waals surface area contributed by atoms with Crippen LogP contribution in [0.15, 0.2) is 24.3 Å². The first-order valence-corrected chi connectivity index (χ1v) is 1.67. The molecule has 0 spiro atoms. The molecule has 0 heterocycles. The average molecular weight is 73.0 g/mol. The van der Waals surface area contributed by atoms with Gasteiger partial charge in [0.2, 0.25) is 0 Å². The zero-order chi connectivity index (χ0) is 3.54. The predicted molar refractivity (Wildman–Crippen MR) is 29.7 cm³/mol. The Morgan fingerprint density at radius 2 is 1.17 bits per heavy atom. The number of hydrogen-bond donors (Lipinski definition) is 0. The summed E-state index contributed by atoms with van der Waals surface area (Å²) in [6.45, 7) is 0. The second-order valence-electron chi connectivity index (χ2n) is 0.962. The fraction of sp³-hybridized carbons (Fsp3) is 0. The van der Waals surface area contributed by atoms with Crippen LogP contribution in [0.25, 0.3) is 0 Å². The standard InChI is InChI=1S/C5H5.Li.H/c1-2-4-5-3-1;;/h1-5H;;. The fourth-order valence-corrected chi connectivity index (χ4v) is 0.321. The first-order chi connectivity index (χ1) is 2.50. The van der Waals surface area contributed by atoms with Gasteiger partial charge in [-0.2, -0.15) is 0 Å². The van der Waals surface area contributed by atoms with E-state index in [1.807, 2.05) is 30.7 Å². The molecular formula is C5H6Li. The Kier molecular flexibility index (Phi) is 3.32. The third kappa shape index (κ3) is 1.50. The summed E-state index contributed by atoms with van der Waals surface area (Å²) in [6.07, 6.45) is 10.0.